The molecule has 0 unspecified atom stereocenters. The van der Waals surface area contributed by atoms with Crippen LogP contribution in [0, 0.1) is 0 Å². The third-order valence-corrected chi connectivity index (χ3v) is 3.38. The molecule has 0 aliphatic carbocycles. The van der Waals surface area contributed by atoms with Gasteiger partial charge in [-0.2, -0.15) is 8.42 Å². The van der Waals surface area contributed by atoms with Gasteiger partial charge in [0.05, 0.1) is 7.05 Å². The minimum atomic E-state index is -3.46. The number of nitrogens with zero attached hydrogens (tertiary/aromatic N) is 3. The van der Waals surface area contributed by atoms with E-state index in [0.29, 0.717) is 0 Å². The Kier molecular flexibility index (Phi) is 1.92. The Morgan fingerprint density at radius 3 is 2.21 bits per heavy atom. The summed E-state index contributed by atoms with van der Waals surface area (Å²) >= 11 is 0. The average molecular weight is 212 g/mol. The van der Waals surface area contributed by atoms with Crippen molar-refractivity contribution in [2.75, 3.05) is 0 Å². The largest absolute Gasteiger partial charge is 0.407 e. The van der Waals surface area contributed by atoms with Crippen LogP contribution >= 0.6 is 0 Å². The Labute approximate surface area is 82.0 Å². The van der Waals surface area contributed by atoms with Gasteiger partial charge in [0.2, 0.25) is 0 Å². The molecule has 6 heteroatoms. The summed E-state index contributed by atoms with van der Waals surface area (Å²) in [6, 6.07) is 3.34. The highest BCUT2D eigenvalue weighted by atomic mass is 32.2. The first-order valence-corrected chi connectivity index (χ1v) is 5.43. The van der Waals surface area contributed by atoms with Gasteiger partial charge in [-0.3, -0.25) is 0 Å². The first-order valence-electron chi connectivity index (χ1n) is 4.03. The van der Waals surface area contributed by atoms with Crippen LogP contribution in [-0.4, -0.2) is 16.4 Å². The number of hydrogen-bond acceptors (Lipinski definition) is 2. The number of aryl methyl sites for hydroxylation is 1. The Balaban J connectivity index is 2.54. The van der Waals surface area contributed by atoms with Crippen LogP contribution in [0.15, 0.2) is 43.2 Å². The summed E-state index contributed by atoms with van der Waals surface area (Å²) in [7, 11) is -1.70. The topological polar surface area (TPSA) is 47.9 Å². The van der Waals surface area contributed by atoms with Crippen LogP contribution in [0.2, 0.25) is 0 Å². The zero-order chi connectivity index (χ0) is 10.2. The lowest BCUT2D eigenvalue weighted by molar-refractivity contribution is -0.670. The lowest BCUT2D eigenvalue weighted by Crippen LogP contribution is -2.26. The van der Waals surface area contributed by atoms with Crippen LogP contribution < -0.4 is 4.57 Å². The molecule has 0 bridgehead atoms. The molecular formula is C8H10N3O2S+. The minimum absolute atomic E-state index is 1.16. The summed E-state index contributed by atoms with van der Waals surface area (Å²) in [6.45, 7) is 0. The predicted octanol–water partition coefficient (Wildman–Crippen LogP) is -0.245. The van der Waals surface area contributed by atoms with Gasteiger partial charge in [0.25, 0.3) is 6.33 Å². The van der Waals surface area contributed by atoms with Crippen molar-refractivity contribution in [2.24, 2.45) is 7.05 Å². The number of hydrogen-bond donors (Lipinski definition) is 0. The van der Waals surface area contributed by atoms with E-state index >= 15 is 0 Å². The third-order valence-electron chi connectivity index (χ3n) is 1.85. The fraction of sp³-hybridized carbons (Fsp3) is 0.125. The monoisotopic (exact) mass is 212 g/mol. The second-order valence-electron chi connectivity index (χ2n) is 2.93. The van der Waals surface area contributed by atoms with Gasteiger partial charge >= 0.3 is 10.2 Å². The first-order chi connectivity index (χ1) is 6.60. The molecule has 0 saturated heterocycles. The highest BCUT2D eigenvalue weighted by molar-refractivity contribution is 7.88. The van der Waals surface area contributed by atoms with E-state index < -0.39 is 10.2 Å². The van der Waals surface area contributed by atoms with Gasteiger partial charge in [-0.1, -0.05) is 0 Å². The van der Waals surface area contributed by atoms with Gasteiger partial charge in [-0.15, -0.1) is 3.97 Å². The SMILES string of the molecule is C[n+]1ccn(S(=O)(=O)n2cccc2)c1. The van der Waals surface area contributed by atoms with E-state index in [9.17, 15) is 8.42 Å². The van der Waals surface area contributed by atoms with Gasteiger partial charge < -0.3 is 0 Å². The van der Waals surface area contributed by atoms with Crippen LogP contribution in [0.1, 0.15) is 0 Å². The van der Waals surface area contributed by atoms with Crippen molar-refractivity contribution in [2.45, 2.75) is 0 Å². The van der Waals surface area contributed by atoms with E-state index in [1.807, 2.05) is 0 Å². The van der Waals surface area contributed by atoms with Gasteiger partial charge in [0, 0.05) is 12.4 Å². The summed E-state index contributed by atoms with van der Waals surface area (Å²) in [5.41, 5.74) is 0. The van der Waals surface area contributed by atoms with Gasteiger partial charge in [-0.05, 0) is 12.1 Å². The average Bonchev–Trinajstić information content (AvgIpc) is 2.72. The Morgan fingerprint density at radius 1 is 1.07 bits per heavy atom. The summed E-state index contributed by atoms with van der Waals surface area (Å²) in [5, 5.41) is 0. The van der Waals surface area contributed by atoms with E-state index in [4.69, 9.17) is 0 Å². The Bertz CT molecular complexity index is 525. The molecule has 14 heavy (non-hydrogen) atoms. The van der Waals surface area contributed by atoms with E-state index in [2.05, 4.69) is 0 Å². The fourth-order valence-electron chi connectivity index (χ4n) is 1.15. The molecule has 74 valence electrons. The van der Waals surface area contributed by atoms with Gasteiger partial charge in [0.15, 0.2) is 0 Å². The quantitative estimate of drug-likeness (QED) is 0.645. The number of imidazole rings is 1. The summed E-state index contributed by atoms with van der Waals surface area (Å²) in [4.78, 5) is 0. The maximum atomic E-state index is 11.8. The smallest absolute Gasteiger partial charge is 0.238 e. The van der Waals surface area contributed by atoms with Crippen molar-refractivity contribution in [3.8, 4) is 0 Å². The van der Waals surface area contributed by atoms with Crippen LogP contribution in [0.5, 0.6) is 0 Å². The van der Waals surface area contributed by atoms with Gasteiger partial charge in [-0.25, -0.2) is 8.54 Å². The first kappa shape index (κ1) is 9.01. The molecule has 0 N–H and O–H groups in total. The van der Waals surface area contributed by atoms with E-state index in [1.165, 1.54) is 24.9 Å². The molecule has 2 heterocycles. The highest BCUT2D eigenvalue weighted by Gasteiger charge is 2.19. The molecule has 2 rings (SSSR count). The molecular weight excluding hydrogens is 202 g/mol. The predicted molar refractivity (Wildman–Crippen MR) is 49.8 cm³/mol. The maximum absolute atomic E-state index is 11.8. The highest BCUT2D eigenvalue weighted by Crippen LogP contribution is 2.01. The zero-order valence-electron chi connectivity index (χ0n) is 7.61. The second-order valence-corrected chi connectivity index (χ2v) is 4.67. The molecule has 0 fully saturated rings. The normalized spacial score (nSPS) is 11.8. The van der Waals surface area contributed by atoms with E-state index in [-0.39, 0.29) is 0 Å². The molecule has 0 aliphatic heterocycles. The van der Waals surface area contributed by atoms with Crippen molar-refractivity contribution in [1.82, 2.24) is 7.94 Å². The van der Waals surface area contributed by atoms with Crippen molar-refractivity contribution in [1.29, 1.82) is 0 Å². The van der Waals surface area contributed by atoms with Gasteiger partial charge in [0.1, 0.15) is 12.4 Å². The van der Waals surface area contributed by atoms with Crippen LogP contribution in [-0.2, 0) is 17.3 Å². The Hall–Kier alpha value is -1.56. The molecule has 0 atom stereocenters. The molecule has 0 spiro atoms. The molecule has 0 aliphatic rings. The van der Waals surface area contributed by atoms with E-state index in [0.717, 1.165) is 7.94 Å². The van der Waals surface area contributed by atoms with Crippen LogP contribution in [0.3, 0.4) is 0 Å². The summed E-state index contributed by atoms with van der Waals surface area (Å²) in [5.74, 6) is 0. The van der Waals surface area contributed by atoms with Crippen molar-refractivity contribution in [3.05, 3.63) is 43.2 Å². The van der Waals surface area contributed by atoms with Crippen LogP contribution in [0.25, 0.3) is 0 Å². The lowest BCUT2D eigenvalue weighted by atomic mass is 10.7. The van der Waals surface area contributed by atoms with E-state index in [1.54, 1.807) is 29.9 Å². The maximum Gasteiger partial charge on any atom is 0.407 e. The summed E-state index contributed by atoms with van der Waals surface area (Å²) < 4.78 is 27.6. The molecule has 2 aromatic heterocycles. The fourth-order valence-corrected chi connectivity index (χ4v) is 2.29. The van der Waals surface area contributed by atoms with Crippen molar-refractivity contribution in [3.63, 3.8) is 0 Å². The summed E-state index contributed by atoms with van der Waals surface area (Å²) in [6.07, 6.45) is 7.65. The molecule has 0 amide bonds. The third kappa shape index (κ3) is 1.33. The molecule has 5 nitrogen and oxygen atoms in total. The minimum Gasteiger partial charge on any atom is -0.238 e. The molecule has 0 saturated carbocycles. The van der Waals surface area contributed by atoms with Crippen LogP contribution in [0.4, 0.5) is 0 Å². The molecule has 0 radical (unpaired) electrons. The standard InChI is InChI=1S/C8H10N3O2S/c1-9-6-7-11(8-9)14(12,13)10-4-2-3-5-10/h2-8H,1H3/q+1. The molecule has 0 aromatic carbocycles. The Morgan fingerprint density at radius 2 is 1.71 bits per heavy atom. The number of aromatic nitrogens is 3. The second kappa shape index (κ2) is 2.98. The van der Waals surface area contributed by atoms with Crippen molar-refractivity contribution >= 4 is 10.2 Å². The zero-order valence-corrected chi connectivity index (χ0v) is 8.42. The van der Waals surface area contributed by atoms with Crippen molar-refractivity contribution < 1.29 is 13.0 Å². The molecule has 2 aromatic rings. The lowest BCUT2D eigenvalue weighted by Gasteiger charge is -1.98. The number of rotatable bonds is 2.